The molecule has 1 rings (SSSR count). The van der Waals surface area contributed by atoms with Crippen LogP contribution in [0.2, 0.25) is 0 Å². The van der Waals surface area contributed by atoms with Gasteiger partial charge in [-0.3, -0.25) is 0 Å². The van der Waals surface area contributed by atoms with E-state index in [-0.39, 0.29) is 5.82 Å². The SMILES string of the molecule is COCCCCNCc1cc(C#N)ccc1F. The summed E-state index contributed by atoms with van der Waals surface area (Å²) >= 11 is 0. The molecule has 0 saturated carbocycles. The minimum Gasteiger partial charge on any atom is -0.385 e. The summed E-state index contributed by atoms with van der Waals surface area (Å²) in [5.74, 6) is -0.270. The van der Waals surface area contributed by atoms with Crippen molar-refractivity contribution in [2.24, 2.45) is 0 Å². The molecule has 0 amide bonds. The molecule has 0 aliphatic heterocycles. The van der Waals surface area contributed by atoms with Gasteiger partial charge in [-0.25, -0.2) is 4.39 Å². The molecular weight excluding hydrogens is 219 g/mol. The third-order valence-electron chi connectivity index (χ3n) is 2.44. The lowest BCUT2D eigenvalue weighted by Crippen LogP contribution is -2.16. The monoisotopic (exact) mass is 236 g/mol. The van der Waals surface area contributed by atoms with E-state index in [4.69, 9.17) is 10.00 Å². The largest absolute Gasteiger partial charge is 0.385 e. The Hall–Kier alpha value is -1.44. The first-order valence-corrected chi connectivity index (χ1v) is 5.66. The molecule has 1 N–H and O–H groups in total. The van der Waals surface area contributed by atoms with Crippen molar-refractivity contribution in [3.05, 3.63) is 35.1 Å². The molecular formula is C13H17FN2O. The maximum absolute atomic E-state index is 13.4. The van der Waals surface area contributed by atoms with E-state index >= 15 is 0 Å². The summed E-state index contributed by atoms with van der Waals surface area (Å²) in [6.07, 6.45) is 1.98. The van der Waals surface area contributed by atoms with E-state index in [1.165, 1.54) is 12.1 Å². The molecule has 0 aromatic heterocycles. The van der Waals surface area contributed by atoms with Crippen LogP contribution < -0.4 is 5.32 Å². The quantitative estimate of drug-likeness (QED) is 0.738. The van der Waals surface area contributed by atoms with Crippen molar-refractivity contribution in [1.29, 1.82) is 5.26 Å². The molecule has 0 saturated heterocycles. The number of methoxy groups -OCH3 is 1. The minimum atomic E-state index is -0.270. The fourth-order valence-corrected chi connectivity index (χ4v) is 1.50. The highest BCUT2D eigenvalue weighted by Crippen LogP contribution is 2.09. The highest BCUT2D eigenvalue weighted by Gasteiger charge is 2.02. The Labute approximate surface area is 101 Å². The van der Waals surface area contributed by atoms with Crippen LogP contribution in [-0.2, 0) is 11.3 Å². The third-order valence-corrected chi connectivity index (χ3v) is 2.44. The number of hydrogen-bond acceptors (Lipinski definition) is 3. The van der Waals surface area contributed by atoms with Crippen LogP contribution in [0.3, 0.4) is 0 Å². The van der Waals surface area contributed by atoms with E-state index < -0.39 is 0 Å². The van der Waals surface area contributed by atoms with Gasteiger partial charge in [0, 0.05) is 25.8 Å². The van der Waals surface area contributed by atoms with E-state index in [9.17, 15) is 4.39 Å². The van der Waals surface area contributed by atoms with Crippen molar-refractivity contribution >= 4 is 0 Å². The molecule has 1 aromatic carbocycles. The summed E-state index contributed by atoms with van der Waals surface area (Å²) in [7, 11) is 1.68. The Morgan fingerprint density at radius 3 is 2.94 bits per heavy atom. The maximum atomic E-state index is 13.4. The lowest BCUT2D eigenvalue weighted by atomic mass is 10.1. The van der Waals surface area contributed by atoms with Crippen molar-refractivity contribution in [2.45, 2.75) is 19.4 Å². The molecule has 0 fully saturated rings. The van der Waals surface area contributed by atoms with Gasteiger partial charge in [0.2, 0.25) is 0 Å². The Bertz CT molecular complexity index is 387. The van der Waals surface area contributed by atoms with Crippen LogP contribution in [-0.4, -0.2) is 20.3 Å². The van der Waals surface area contributed by atoms with E-state index in [1.807, 2.05) is 6.07 Å². The Morgan fingerprint density at radius 1 is 1.41 bits per heavy atom. The second-order valence-corrected chi connectivity index (χ2v) is 3.79. The summed E-state index contributed by atoms with van der Waals surface area (Å²) in [6.45, 7) is 2.02. The van der Waals surface area contributed by atoms with Crippen molar-refractivity contribution in [1.82, 2.24) is 5.32 Å². The Kier molecular flexibility index (Phi) is 6.23. The number of rotatable bonds is 7. The normalized spacial score (nSPS) is 10.2. The molecule has 4 heteroatoms. The van der Waals surface area contributed by atoms with Crippen LogP contribution in [0, 0.1) is 17.1 Å². The van der Waals surface area contributed by atoms with E-state index in [0.29, 0.717) is 17.7 Å². The standard InChI is InChI=1S/C13H17FN2O/c1-17-7-3-2-6-16-10-12-8-11(9-15)4-5-13(12)14/h4-5,8,16H,2-3,6-7,10H2,1H3. The summed E-state index contributed by atoms with van der Waals surface area (Å²) in [5, 5.41) is 11.9. The van der Waals surface area contributed by atoms with Gasteiger partial charge in [0.1, 0.15) is 5.82 Å². The third kappa shape index (κ3) is 4.94. The summed E-state index contributed by atoms with van der Waals surface area (Å²) in [5.41, 5.74) is 1.03. The Morgan fingerprint density at radius 2 is 2.24 bits per heavy atom. The molecule has 1 aromatic rings. The molecule has 17 heavy (non-hydrogen) atoms. The summed E-state index contributed by atoms with van der Waals surface area (Å²) < 4.78 is 18.3. The zero-order chi connectivity index (χ0) is 12.5. The lowest BCUT2D eigenvalue weighted by molar-refractivity contribution is 0.192. The smallest absolute Gasteiger partial charge is 0.127 e. The fourth-order valence-electron chi connectivity index (χ4n) is 1.50. The molecule has 0 atom stereocenters. The lowest BCUT2D eigenvalue weighted by Gasteiger charge is -2.06. The molecule has 0 bridgehead atoms. The van der Waals surface area contributed by atoms with E-state index in [2.05, 4.69) is 5.32 Å². The van der Waals surface area contributed by atoms with Gasteiger partial charge in [-0.1, -0.05) is 0 Å². The van der Waals surface area contributed by atoms with E-state index in [1.54, 1.807) is 13.2 Å². The average molecular weight is 236 g/mol. The van der Waals surface area contributed by atoms with Crippen LogP contribution >= 0.6 is 0 Å². The van der Waals surface area contributed by atoms with Crippen molar-refractivity contribution in [2.75, 3.05) is 20.3 Å². The predicted octanol–water partition coefficient (Wildman–Crippen LogP) is 2.21. The summed E-state index contributed by atoms with van der Waals surface area (Å²) in [6, 6.07) is 6.40. The van der Waals surface area contributed by atoms with Gasteiger partial charge in [0.05, 0.1) is 11.6 Å². The van der Waals surface area contributed by atoms with Crippen LogP contribution in [0.4, 0.5) is 4.39 Å². The molecule has 3 nitrogen and oxygen atoms in total. The number of unbranched alkanes of at least 4 members (excludes halogenated alkanes) is 1. The van der Waals surface area contributed by atoms with Crippen LogP contribution in [0.1, 0.15) is 24.0 Å². The topological polar surface area (TPSA) is 45.0 Å². The molecule has 0 heterocycles. The predicted molar refractivity (Wildman–Crippen MR) is 63.9 cm³/mol. The second-order valence-electron chi connectivity index (χ2n) is 3.79. The second kappa shape index (κ2) is 7.77. The van der Waals surface area contributed by atoms with Crippen LogP contribution in [0.25, 0.3) is 0 Å². The number of nitrogens with one attached hydrogen (secondary N) is 1. The zero-order valence-electron chi connectivity index (χ0n) is 10.0. The minimum absolute atomic E-state index is 0.270. The van der Waals surface area contributed by atoms with Gasteiger partial charge >= 0.3 is 0 Å². The molecule has 0 aliphatic rings. The number of halogens is 1. The van der Waals surface area contributed by atoms with Crippen LogP contribution in [0.15, 0.2) is 18.2 Å². The van der Waals surface area contributed by atoms with Gasteiger partial charge in [0.25, 0.3) is 0 Å². The number of nitriles is 1. The maximum Gasteiger partial charge on any atom is 0.127 e. The first kappa shape index (κ1) is 13.6. The summed E-state index contributed by atoms with van der Waals surface area (Å²) in [4.78, 5) is 0. The van der Waals surface area contributed by atoms with Crippen LogP contribution in [0.5, 0.6) is 0 Å². The molecule has 0 unspecified atom stereocenters. The van der Waals surface area contributed by atoms with Gasteiger partial charge in [0.15, 0.2) is 0 Å². The number of nitrogens with zero attached hydrogens (tertiary/aromatic N) is 1. The van der Waals surface area contributed by atoms with Crippen molar-refractivity contribution in [3.8, 4) is 6.07 Å². The van der Waals surface area contributed by atoms with Crippen molar-refractivity contribution < 1.29 is 9.13 Å². The molecule has 92 valence electrons. The fraction of sp³-hybridized carbons (Fsp3) is 0.462. The highest BCUT2D eigenvalue weighted by molar-refractivity contribution is 5.33. The number of ether oxygens (including phenoxy) is 1. The van der Waals surface area contributed by atoms with Gasteiger partial charge < -0.3 is 10.1 Å². The zero-order valence-corrected chi connectivity index (χ0v) is 10.0. The molecule has 0 spiro atoms. The van der Waals surface area contributed by atoms with Gasteiger partial charge in [-0.2, -0.15) is 5.26 Å². The highest BCUT2D eigenvalue weighted by atomic mass is 19.1. The van der Waals surface area contributed by atoms with Gasteiger partial charge in [-0.05, 0) is 37.6 Å². The number of benzene rings is 1. The first-order valence-electron chi connectivity index (χ1n) is 5.66. The number of hydrogen-bond donors (Lipinski definition) is 1. The van der Waals surface area contributed by atoms with Gasteiger partial charge in [-0.15, -0.1) is 0 Å². The first-order chi connectivity index (χ1) is 8.27. The molecule has 0 radical (unpaired) electrons. The Balaban J connectivity index is 2.33. The average Bonchev–Trinajstić information content (AvgIpc) is 2.35. The van der Waals surface area contributed by atoms with E-state index in [0.717, 1.165) is 26.0 Å². The molecule has 0 aliphatic carbocycles. The van der Waals surface area contributed by atoms with Crippen molar-refractivity contribution in [3.63, 3.8) is 0 Å².